The summed E-state index contributed by atoms with van der Waals surface area (Å²) in [7, 11) is 0. The van der Waals surface area contributed by atoms with Crippen molar-refractivity contribution < 1.29 is 8.78 Å². The smallest absolute Gasteiger partial charge is 0.129 e. The van der Waals surface area contributed by atoms with Gasteiger partial charge in [-0.25, -0.2) is 8.78 Å². The van der Waals surface area contributed by atoms with Crippen LogP contribution >= 0.6 is 11.8 Å². The first-order valence-electron chi connectivity index (χ1n) is 5.48. The Bertz CT molecular complexity index is 344. The minimum atomic E-state index is -0.488. The minimum Gasteiger partial charge on any atom is -0.326 e. The molecule has 4 heteroatoms. The Labute approximate surface area is 98.4 Å². The van der Waals surface area contributed by atoms with Gasteiger partial charge in [-0.1, -0.05) is 6.07 Å². The molecule has 0 aliphatic carbocycles. The second-order valence-corrected chi connectivity index (χ2v) is 5.47. The predicted octanol–water partition coefficient (Wildman–Crippen LogP) is 2.73. The lowest BCUT2D eigenvalue weighted by atomic mass is 10.0. The van der Waals surface area contributed by atoms with E-state index in [0.29, 0.717) is 5.25 Å². The van der Waals surface area contributed by atoms with Crippen LogP contribution in [0.3, 0.4) is 0 Å². The first kappa shape index (κ1) is 11.9. The standard InChI is InChI=1S/C12H15F2NS/c13-9-3-1-4-10(14)8(9)7-11(15)12-5-2-6-16-12/h1,3-4,11-12H,2,5-7,15H2. The van der Waals surface area contributed by atoms with E-state index in [1.165, 1.54) is 18.2 Å². The van der Waals surface area contributed by atoms with Crippen molar-refractivity contribution in [2.24, 2.45) is 5.73 Å². The van der Waals surface area contributed by atoms with Crippen LogP contribution in [0.4, 0.5) is 8.78 Å². The molecule has 1 saturated heterocycles. The zero-order chi connectivity index (χ0) is 11.5. The first-order chi connectivity index (χ1) is 7.68. The third kappa shape index (κ3) is 2.55. The fourth-order valence-electron chi connectivity index (χ4n) is 2.03. The fraction of sp³-hybridized carbons (Fsp3) is 0.500. The number of halogens is 2. The van der Waals surface area contributed by atoms with Gasteiger partial charge in [0, 0.05) is 16.9 Å². The Balaban J connectivity index is 2.07. The molecule has 1 aliphatic rings. The molecule has 1 heterocycles. The van der Waals surface area contributed by atoms with Crippen molar-refractivity contribution in [2.75, 3.05) is 5.75 Å². The van der Waals surface area contributed by atoms with Crippen molar-refractivity contribution in [1.82, 2.24) is 0 Å². The summed E-state index contributed by atoms with van der Waals surface area (Å²) in [5, 5.41) is 0.346. The predicted molar refractivity (Wildman–Crippen MR) is 63.5 cm³/mol. The minimum absolute atomic E-state index is 0.127. The van der Waals surface area contributed by atoms with Gasteiger partial charge in [-0.2, -0.15) is 11.8 Å². The van der Waals surface area contributed by atoms with Crippen molar-refractivity contribution >= 4 is 11.8 Å². The van der Waals surface area contributed by atoms with E-state index >= 15 is 0 Å². The molecule has 0 amide bonds. The van der Waals surface area contributed by atoms with Crippen molar-refractivity contribution in [3.8, 4) is 0 Å². The molecule has 0 bridgehead atoms. The summed E-state index contributed by atoms with van der Waals surface area (Å²) in [6, 6.07) is 3.79. The van der Waals surface area contributed by atoms with Crippen molar-refractivity contribution in [3.05, 3.63) is 35.4 Å². The zero-order valence-electron chi connectivity index (χ0n) is 8.96. The zero-order valence-corrected chi connectivity index (χ0v) is 9.77. The van der Waals surface area contributed by atoms with Crippen molar-refractivity contribution in [1.29, 1.82) is 0 Å². The highest BCUT2D eigenvalue weighted by atomic mass is 32.2. The van der Waals surface area contributed by atoms with Gasteiger partial charge in [-0.05, 0) is 37.1 Å². The van der Waals surface area contributed by atoms with Crippen LogP contribution in [0.5, 0.6) is 0 Å². The van der Waals surface area contributed by atoms with Gasteiger partial charge >= 0.3 is 0 Å². The van der Waals surface area contributed by atoms with Crippen LogP contribution in [0.2, 0.25) is 0 Å². The number of thioether (sulfide) groups is 1. The highest BCUT2D eigenvalue weighted by Gasteiger charge is 2.24. The first-order valence-corrected chi connectivity index (χ1v) is 6.53. The lowest BCUT2D eigenvalue weighted by Gasteiger charge is -2.18. The van der Waals surface area contributed by atoms with E-state index < -0.39 is 11.6 Å². The molecule has 1 nitrogen and oxygen atoms in total. The molecule has 1 aromatic carbocycles. The maximum absolute atomic E-state index is 13.4. The molecule has 1 fully saturated rings. The third-order valence-electron chi connectivity index (χ3n) is 2.94. The average Bonchev–Trinajstić information content (AvgIpc) is 2.76. The van der Waals surface area contributed by atoms with Gasteiger partial charge in [-0.15, -0.1) is 0 Å². The second-order valence-electron chi connectivity index (χ2n) is 4.12. The van der Waals surface area contributed by atoms with E-state index in [9.17, 15) is 8.78 Å². The van der Waals surface area contributed by atoms with Crippen LogP contribution in [-0.2, 0) is 6.42 Å². The molecule has 0 spiro atoms. The maximum Gasteiger partial charge on any atom is 0.129 e. The van der Waals surface area contributed by atoms with Gasteiger partial charge in [0.1, 0.15) is 11.6 Å². The molecular weight excluding hydrogens is 228 g/mol. The van der Waals surface area contributed by atoms with Crippen LogP contribution in [0.1, 0.15) is 18.4 Å². The topological polar surface area (TPSA) is 26.0 Å². The lowest BCUT2D eigenvalue weighted by molar-refractivity contribution is 0.525. The molecule has 0 aromatic heterocycles. The molecular formula is C12H15F2NS. The van der Waals surface area contributed by atoms with Crippen molar-refractivity contribution in [2.45, 2.75) is 30.6 Å². The maximum atomic E-state index is 13.4. The van der Waals surface area contributed by atoms with Gasteiger partial charge in [0.2, 0.25) is 0 Å². The largest absolute Gasteiger partial charge is 0.326 e. The molecule has 16 heavy (non-hydrogen) atoms. The average molecular weight is 243 g/mol. The summed E-state index contributed by atoms with van der Waals surface area (Å²) in [4.78, 5) is 0. The summed E-state index contributed by atoms with van der Waals surface area (Å²) in [5.41, 5.74) is 6.12. The van der Waals surface area contributed by atoms with E-state index in [1.54, 1.807) is 0 Å². The molecule has 88 valence electrons. The molecule has 1 aromatic rings. The number of hydrogen-bond donors (Lipinski definition) is 1. The van der Waals surface area contributed by atoms with Crippen LogP contribution < -0.4 is 5.73 Å². The highest BCUT2D eigenvalue weighted by Crippen LogP contribution is 2.29. The quantitative estimate of drug-likeness (QED) is 0.883. The molecule has 2 unspecified atom stereocenters. The monoisotopic (exact) mass is 243 g/mol. The molecule has 2 atom stereocenters. The molecule has 1 aliphatic heterocycles. The fourth-order valence-corrected chi connectivity index (χ4v) is 3.35. The Morgan fingerprint density at radius 1 is 1.38 bits per heavy atom. The van der Waals surface area contributed by atoms with Gasteiger partial charge in [0.05, 0.1) is 0 Å². The van der Waals surface area contributed by atoms with E-state index in [1.807, 2.05) is 11.8 Å². The van der Waals surface area contributed by atoms with Gasteiger partial charge < -0.3 is 5.73 Å². The van der Waals surface area contributed by atoms with Crippen LogP contribution in [0.25, 0.3) is 0 Å². The second kappa shape index (κ2) is 5.15. The van der Waals surface area contributed by atoms with Gasteiger partial charge in [0.15, 0.2) is 0 Å². The van der Waals surface area contributed by atoms with Crippen molar-refractivity contribution in [3.63, 3.8) is 0 Å². The molecule has 0 saturated carbocycles. The number of hydrogen-bond acceptors (Lipinski definition) is 2. The Hall–Kier alpha value is -0.610. The van der Waals surface area contributed by atoms with E-state index in [2.05, 4.69) is 0 Å². The molecule has 2 rings (SSSR count). The number of rotatable bonds is 3. The van der Waals surface area contributed by atoms with E-state index in [-0.39, 0.29) is 18.0 Å². The van der Waals surface area contributed by atoms with Crippen LogP contribution in [0.15, 0.2) is 18.2 Å². The summed E-state index contributed by atoms with van der Waals surface area (Å²) in [6.45, 7) is 0. The summed E-state index contributed by atoms with van der Waals surface area (Å²) in [6.07, 6.45) is 2.50. The van der Waals surface area contributed by atoms with E-state index in [0.717, 1.165) is 18.6 Å². The van der Waals surface area contributed by atoms with Crippen LogP contribution in [-0.4, -0.2) is 17.0 Å². The summed E-state index contributed by atoms with van der Waals surface area (Å²) < 4.78 is 26.8. The van der Waals surface area contributed by atoms with Gasteiger partial charge in [-0.3, -0.25) is 0 Å². The molecule has 0 radical (unpaired) electrons. The third-order valence-corrected chi connectivity index (χ3v) is 4.48. The van der Waals surface area contributed by atoms with Gasteiger partial charge in [0.25, 0.3) is 0 Å². The normalized spacial score (nSPS) is 22.3. The summed E-state index contributed by atoms with van der Waals surface area (Å²) in [5.74, 6) is 0.134. The Kier molecular flexibility index (Phi) is 3.82. The van der Waals surface area contributed by atoms with E-state index in [4.69, 9.17) is 5.73 Å². The number of benzene rings is 1. The SMILES string of the molecule is NC(Cc1c(F)cccc1F)C1CCCS1. The highest BCUT2D eigenvalue weighted by molar-refractivity contribution is 8.00. The summed E-state index contributed by atoms with van der Waals surface area (Å²) >= 11 is 1.81. The Morgan fingerprint density at radius 3 is 2.62 bits per heavy atom. The lowest BCUT2D eigenvalue weighted by Crippen LogP contribution is -2.33. The number of nitrogens with two attached hydrogens (primary N) is 1. The molecule has 2 N–H and O–H groups in total. The van der Waals surface area contributed by atoms with Crippen LogP contribution in [0, 0.1) is 11.6 Å². The Morgan fingerprint density at radius 2 is 2.06 bits per heavy atom.